The van der Waals surface area contributed by atoms with Gasteiger partial charge in [-0.3, -0.25) is 0 Å². The Morgan fingerprint density at radius 1 is 1.05 bits per heavy atom. The van der Waals surface area contributed by atoms with Gasteiger partial charge in [0.1, 0.15) is 0 Å². The van der Waals surface area contributed by atoms with Gasteiger partial charge in [0.2, 0.25) is 0 Å². The Morgan fingerprint density at radius 3 is 2.47 bits per heavy atom. The normalized spacial score (nSPS) is 27.8. The van der Waals surface area contributed by atoms with Gasteiger partial charge in [-0.05, 0) is 45.8 Å². The van der Waals surface area contributed by atoms with Crippen LogP contribution in [0, 0.1) is 0 Å². The highest BCUT2D eigenvalue weighted by atomic mass is 32.2. The fraction of sp³-hybridized carbons (Fsp3) is 1.00. The van der Waals surface area contributed by atoms with Gasteiger partial charge in [0, 0.05) is 12.1 Å². The fourth-order valence-electron chi connectivity index (χ4n) is 3.44. The minimum Gasteiger partial charge on any atom is -0.314 e. The molecule has 0 bridgehead atoms. The molecule has 0 amide bonds. The molecular weight excluding hydrogens is 260 g/mol. The highest BCUT2D eigenvalue weighted by molar-refractivity contribution is 7.91. The smallest absolute Gasteiger partial charge is 0.151 e. The summed E-state index contributed by atoms with van der Waals surface area (Å²) in [6.07, 6.45) is 8.53. The number of hydrogen-bond donors (Lipinski definition) is 1. The molecule has 2 fully saturated rings. The third kappa shape index (κ3) is 4.43. The molecule has 4 nitrogen and oxygen atoms in total. The lowest BCUT2D eigenvalue weighted by molar-refractivity contribution is 0.187. The van der Waals surface area contributed by atoms with Crippen LogP contribution in [0.1, 0.15) is 44.9 Å². The quantitative estimate of drug-likeness (QED) is 0.850. The third-order valence-electron chi connectivity index (χ3n) is 4.90. The molecule has 1 heterocycles. The molecule has 0 aromatic carbocycles. The summed E-state index contributed by atoms with van der Waals surface area (Å²) in [5, 5.41) is 3.54. The summed E-state index contributed by atoms with van der Waals surface area (Å²) in [5.74, 6) is 0.722. The van der Waals surface area contributed by atoms with Gasteiger partial charge in [-0.15, -0.1) is 0 Å². The standard InChI is InChI=1S/C14H28N2O2S/c1-15-14(6-3-2-4-7-14)8-10-16-9-5-12-19(17,18)13-11-16/h15H,2-13H2,1H3. The van der Waals surface area contributed by atoms with Crippen molar-refractivity contribution in [1.82, 2.24) is 10.2 Å². The summed E-state index contributed by atoms with van der Waals surface area (Å²) in [4.78, 5) is 2.35. The Hall–Kier alpha value is -0.130. The van der Waals surface area contributed by atoms with E-state index in [0.29, 0.717) is 17.0 Å². The molecule has 1 saturated carbocycles. The van der Waals surface area contributed by atoms with E-state index in [1.807, 2.05) is 0 Å². The van der Waals surface area contributed by atoms with Gasteiger partial charge in [0.25, 0.3) is 0 Å². The van der Waals surface area contributed by atoms with Crippen LogP contribution in [0.3, 0.4) is 0 Å². The lowest BCUT2D eigenvalue weighted by Gasteiger charge is -2.38. The summed E-state index contributed by atoms with van der Waals surface area (Å²) in [6, 6.07) is 0. The maximum Gasteiger partial charge on any atom is 0.151 e. The highest BCUT2D eigenvalue weighted by Crippen LogP contribution is 2.30. The van der Waals surface area contributed by atoms with Crippen LogP contribution in [0.4, 0.5) is 0 Å². The van der Waals surface area contributed by atoms with Crippen molar-refractivity contribution in [3.8, 4) is 0 Å². The Morgan fingerprint density at radius 2 is 1.79 bits per heavy atom. The van der Waals surface area contributed by atoms with Gasteiger partial charge in [-0.25, -0.2) is 8.42 Å². The molecule has 0 unspecified atom stereocenters. The van der Waals surface area contributed by atoms with E-state index in [2.05, 4.69) is 17.3 Å². The van der Waals surface area contributed by atoms with Crippen LogP contribution >= 0.6 is 0 Å². The predicted octanol–water partition coefficient (Wildman–Crippen LogP) is 1.42. The number of nitrogens with one attached hydrogen (secondary N) is 1. The van der Waals surface area contributed by atoms with Crippen molar-refractivity contribution in [3.05, 3.63) is 0 Å². The number of nitrogens with zero attached hydrogens (tertiary/aromatic N) is 1. The molecule has 2 rings (SSSR count). The SMILES string of the molecule is CNC1(CCN2CCCS(=O)(=O)CC2)CCCCC1. The summed E-state index contributed by atoms with van der Waals surface area (Å²) in [6.45, 7) is 2.71. The minimum atomic E-state index is -2.77. The van der Waals surface area contributed by atoms with E-state index in [-0.39, 0.29) is 0 Å². The van der Waals surface area contributed by atoms with Crippen LogP contribution < -0.4 is 5.32 Å². The topological polar surface area (TPSA) is 49.4 Å². The van der Waals surface area contributed by atoms with Crippen LogP contribution in [0.25, 0.3) is 0 Å². The summed E-state index contributed by atoms with van der Waals surface area (Å²) >= 11 is 0. The molecule has 0 spiro atoms. The van der Waals surface area contributed by atoms with Crippen molar-refractivity contribution < 1.29 is 8.42 Å². The van der Waals surface area contributed by atoms with E-state index in [1.165, 1.54) is 32.1 Å². The van der Waals surface area contributed by atoms with Crippen LogP contribution in [-0.4, -0.2) is 57.0 Å². The largest absolute Gasteiger partial charge is 0.314 e. The van der Waals surface area contributed by atoms with Gasteiger partial charge in [-0.2, -0.15) is 0 Å². The molecule has 0 aromatic rings. The first-order valence-electron chi connectivity index (χ1n) is 7.67. The first kappa shape index (κ1) is 15.3. The van der Waals surface area contributed by atoms with E-state index in [1.54, 1.807) is 0 Å². The number of rotatable bonds is 4. The predicted molar refractivity (Wildman–Crippen MR) is 79.2 cm³/mol. The van der Waals surface area contributed by atoms with Crippen LogP contribution in [0.2, 0.25) is 0 Å². The van der Waals surface area contributed by atoms with Gasteiger partial charge >= 0.3 is 0 Å². The molecule has 5 heteroatoms. The summed E-state index contributed by atoms with van der Waals surface area (Å²) < 4.78 is 23.2. The minimum absolute atomic E-state index is 0.309. The zero-order valence-corrected chi connectivity index (χ0v) is 13.0. The molecular formula is C14H28N2O2S. The molecule has 0 radical (unpaired) electrons. The van der Waals surface area contributed by atoms with Gasteiger partial charge in [0.05, 0.1) is 11.5 Å². The first-order chi connectivity index (χ1) is 9.05. The monoisotopic (exact) mass is 288 g/mol. The Labute approximate surface area is 117 Å². The summed E-state index contributed by atoms with van der Waals surface area (Å²) in [7, 11) is -0.692. The fourth-order valence-corrected chi connectivity index (χ4v) is 4.75. The maximum atomic E-state index is 11.6. The van der Waals surface area contributed by atoms with Crippen molar-refractivity contribution in [1.29, 1.82) is 0 Å². The average molecular weight is 288 g/mol. The van der Waals surface area contributed by atoms with E-state index in [4.69, 9.17) is 0 Å². The molecule has 1 aliphatic carbocycles. The summed E-state index contributed by atoms with van der Waals surface area (Å²) in [5.41, 5.74) is 0.309. The molecule has 0 aromatic heterocycles. The second-order valence-electron chi connectivity index (χ2n) is 6.19. The second kappa shape index (κ2) is 6.55. The first-order valence-corrected chi connectivity index (χ1v) is 9.49. The number of hydrogen-bond acceptors (Lipinski definition) is 4. The Bertz CT molecular complexity index is 375. The Kier molecular flexibility index (Phi) is 5.26. The molecule has 0 atom stereocenters. The number of sulfone groups is 1. The van der Waals surface area contributed by atoms with Crippen molar-refractivity contribution in [3.63, 3.8) is 0 Å². The van der Waals surface area contributed by atoms with E-state index < -0.39 is 9.84 Å². The zero-order valence-electron chi connectivity index (χ0n) is 12.2. The van der Waals surface area contributed by atoms with Gasteiger partial charge in [-0.1, -0.05) is 19.3 Å². The third-order valence-corrected chi connectivity index (χ3v) is 6.61. The molecule has 112 valence electrons. The maximum absolute atomic E-state index is 11.6. The molecule has 19 heavy (non-hydrogen) atoms. The van der Waals surface area contributed by atoms with Crippen molar-refractivity contribution >= 4 is 9.84 Å². The van der Waals surface area contributed by atoms with Crippen LogP contribution in [0.15, 0.2) is 0 Å². The van der Waals surface area contributed by atoms with Crippen molar-refractivity contribution in [2.75, 3.05) is 38.2 Å². The Balaban J connectivity index is 1.83. The van der Waals surface area contributed by atoms with E-state index in [0.717, 1.165) is 32.5 Å². The molecule has 2 aliphatic rings. The van der Waals surface area contributed by atoms with Crippen molar-refractivity contribution in [2.45, 2.75) is 50.5 Å². The highest BCUT2D eigenvalue weighted by Gasteiger charge is 2.30. The lowest BCUT2D eigenvalue weighted by Crippen LogP contribution is -2.47. The van der Waals surface area contributed by atoms with E-state index in [9.17, 15) is 8.42 Å². The second-order valence-corrected chi connectivity index (χ2v) is 8.49. The molecule has 1 N–H and O–H groups in total. The van der Waals surface area contributed by atoms with Gasteiger partial charge in [0.15, 0.2) is 9.84 Å². The van der Waals surface area contributed by atoms with Crippen LogP contribution in [-0.2, 0) is 9.84 Å². The van der Waals surface area contributed by atoms with Crippen molar-refractivity contribution in [2.24, 2.45) is 0 Å². The van der Waals surface area contributed by atoms with Gasteiger partial charge < -0.3 is 10.2 Å². The molecule has 1 aliphatic heterocycles. The van der Waals surface area contributed by atoms with E-state index >= 15 is 0 Å². The lowest BCUT2D eigenvalue weighted by atomic mass is 9.79. The zero-order chi connectivity index (χ0) is 13.8. The molecule has 1 saturated heterocycles. The average Bonchev–Trinajstić information content (AvgIpc) is 2.59. The van der Waals surface area contributed by atoms with Crippen LogP contribution in [0.5, 0.6) is 0 Å².